The number of carbonyl (C=O) groups is 2. The van der Waals surface area contributed by atoms with Gasteiger partial charge in [-0.25, -0.2) is 9.48 Å². The molecule has 0 unspecified atom stereocenters. The summed E-state index contributed by atoms with van der Waals surface area (Å²) in [6.45, 7) is 2.18. The van der Waals surface area contributed by atoms with Crippen molar-refractivity contribution >= 4 is 22.6 Å². The van der Waals surface area contributed by atoms with Gasteiger partial charge in [0, 0.05) is 18.0 Å². The predicted octanol–water partition coefficient (Wildman–Crippen LogP) is 3.97. The van der Waals surface area contributed by atoms with E-state index in [0.29, 0.717) is 17.3 Å². The Labute approximate surface area is 183 Å². The molecule has 1 amide bonds. The minimum Gasteiger partial charge on any atom is -0.451 e. The van der Waals surface area contributed by atoms with Gasteiger partial charge in [0.05, 0.1) is 5.39 Å². The SMILES string of the molecule is CCCCCn1nc(C(=O)OCC(=O)NC2CCCCCCC2)c2ccccc2c1=O. The van der Waals surface area contributed by atoms with Crippen LogP contribution in [0.15, 0.2) is 29.1 Å². The van der Waals surface area contributed by atoms with Crippen LogP contribution in [0.1, 0.15) is 81.6 Å². The molecular weight excluding hydrogens is 394 g/mol. The van der Waals surface area contributed by atoms with Gasteiger partial charge in [-0.1, -0.05) is 70.1 Å². The highest BCUT2D eigenvalue weighted by Crippen LogP contribution is 2.17. The molecule has 168 valence electrons. The standard InChI is InChI=1S/C24H33N3O4/c1-2-3-11-16-27-23(29)20-15-10-9-14-19(20)22(26-27)24(30)31-17-21(28)25-18-12-7-5-4-6-8-13-18/h9-10,14-15,18H,2-8,11-13,16-17H2,1H3,(H,25,28). The molecule has 7 heteroatoms. The molecule has 1 N–H and O–H groups in total. The number of amides is 1. The number of fused-ring (bicyclic) bond motifs is 1. The second kappa shape index (κ2) is 11.6. The predicted molar refractivity (Wildman–Crippen MR) is 120 cm³/mol. The van der Waals surface area contributed by atoms with Crippen molar-refractivity contribution in [1.82, 2.24) is 15.1 Å². The van der Waals surface area contributed by atoms with E-state index in [1.165, 1.54) is 23.9 Å². The van der Waals surface area contributed by atoms with Crippen LogP contribution in [0.25, 0.3) is 10.8 Å². The van der Waals surface area contributed by atoms with Crippen molar-refractivity contribution in [2.75, 3.05) is 6.61 Å². The van der Waals surface area contributed by atoms with Gasteiger partial charge in [0.25, 0.3) is 11.5 Å². The molecule has 0 aliphatic heterocycles. The number of aryl methyl sites for hydroxylation is 1. The van der Waals surface area contributed by atoms with Gasteiger partial charge in [0.1, 0.15) is 0 Å². The maximum atomic E-state index is 12.8. The van der Waals surface area contributed by atoms with E-state index in [9.17, 15) is 14.4 Å². The lowest BCUT2D eigenvalue weighted by Gasteiger charge is -2.20. The second-order valence-electron chi connectivity index (χ2n) is 8.32. The number of nitrogens with zero attached hydrogens (tertiary/aromatic N) is 2. The normalized spacial score (nSPS) is 15.3. The minimum atomic E-state index is -0.687. The van der Waals surface area contributed by atoms with E-state index in [2.05, 4.69) is 17.3 Å². The number of benzene rings is 1. The zero-order chi connectivity index (χ0) is 22.1. The number of carbonyl (C=O) groups excluding carboxylic acids is 2. The first-order chi connectivity index (χ1) is 15.1. The Kier molecular flexibility index (Phi) is 8.62. The number of unbranched alkanes of at least 4 members (excludes halogenated alkanes) is 2. The van der Waals surface area contributed by atoms with Gasteiger partial charge < -0.3 is 10.1 Å². The molecule has 1 aliphatic carbocycles. The molecule has 0 saturated heterocycles. The van der Waals surface area contributed by atoms with Crippen molar-refractivity contribution in [3.63, 3.8) is 0 Å². The number of hydrogen-bond acceptors (Lipinski definition) is 5. The van der Waals surface area contributed by atoms with E-state index in [1.807, 2.05) is 0 Å². The van der Waals surface area contributed by atoms with Crippen molar-refractivity contribution in [2.24, 2.45) is 0 Å². The average molecular weight is 428 g/mol. The van der Waals surface area contributed by atoms with Crippen LogP contribution in [-0.2, 0) is 16.1 Å². The van der Waals surface area contributed by atoms with Gasteiger partial charge in [-0.3, -0.25) is 9.59 Å². The smallest absolute Gasteiger partial charge is 0.359 e. The van der Waals surface area contributed by atoms with Crippen molar-refractivity contribution in [2.45, 2.75) is 83.7 Å². The van der Waals surface area contributed by atoms with Gasteiger partial charge in [-0.05, 0) is 25.3 Å². The maximum Gasteiger partial charge on any atom is 0.359 e. The highest BCUT2D eigenvalue weighted by atomic mass is 16.5. The van der Waals surface area contributed by atoms with Gasteiger partial charge in [-0.15, -0.1) is 0 Å². The quantitative estimate of drug-likeness (QED) is 0.508. The zero-order valence-electron chi connectivity index (χ0n) is 18.4. The molecule has 3 rings (SSSR count). The first kappa shape index (κ1) is 23.0. The van der Waals surface area contributed by atoms with Crippen LogP contribution >= 0.6 is 0 Å². The summed E-state index contributed by atoms with van der Waals surface area (Å²) in [5, 5.41) is 8.16. The summed E-state index contributed by atoms with van der Waals surface area (Å²) in [6, 6.07) is 7.03. The molecule has 1 heterocycles. The molecule has 1 fully saturated rings. The highest BCUT2D eigenvalue weighted by Gasteiger charge is 2.20. The molecule has 31 heavy (non-hydrogen) atoms. The minimum absolute atomic E-state index is 0.0745. The molecule has 2 aromatic rings. The van der Waals surface area contributed by atoms with Crippen molar-refractivity contribution in [3.8, 4) is 0 Å². The number of ether oxygens (including phenoxy) is 1. The Hall–Kier alpha value is -2.70. The third-order valence-corrected chi connectivity index (χ3v) is 5.84. The van der Waals surface area contributed by atoms with E-state index < -0.39 is 5.97 Å². The van der Waals surface area contributed by atoms with Gasteiger partial charge >= 0.3 is 5.97 Å². The first-order valence-electron chi connectivity index (χ1n) is 11.6. The molecule has 0 spiro atoms. The summed E-state index contributed by atoms with van der Waals surface area (Å²) in [4.78, 5) is 37.8. The molecule has 1 aromatic carbocycles. The molecule has 1 aliphatic rings. The van der Waals surface area contributed by atoms with Crippen LogP contribution in [0.4, 0.5) is 0 Å². The Morgan fingerprint density at radius 3 is 2.45 bits per heavy atom. The number of esters is 1. The van der Waals surface area contributed by atoms with Crippen LogP contribution < -0.4 is 10.9 Å². The Balaban J connectivity index is 1.68. The zero-order valence-corrected chi connectivity index (χ0v) is 18.4. The molecule has 1 saturated carbocycles. The number of rotatable bonds is 8. The van der Waals surface area contributed by atoms with E-state index >= 15 is 0 Å². The Morgan fingerprint density at radius 1 is 1.06 bits per heavy atom. The fourth-order valence-electron chi connectivity index (χ4n) is 4.12. The van der Waals surface area contributed by atoms with Crippen molar-refractivity contribution in [1.29, 1.82) is 0 Å². The molecule has 0 atom stereocenters. The lowest BCUT2D eigenvalue weighted by atomic mass is 9.97. The van der Waals surface area contributed by atoms with E-state index in [4.69, 9.17) is 4.74 Å². The maximum absolute atomic E-state index is 12.8. The third-order valence-electron chi connectivity index (χ3n) is 5.84. The van der Waals surface area contributed by atoms with Gasteiger partial charge in [-0.2, -0.15) is 5.10 Å². The summed E-state index contributed by atoms with van der Waals surface area (Å²) in [5.41, 5.74) is -0.143. The fraction of sp³-hybridized carbons (Fsp3) is 0.583. The van der Waals surface area contributed by atoms with E-state index in [0.717, 1.165) is 44.9 Å². The van der Waals surface area contributed by atoms with Crippen molar-refractivity contribution < 1.29 is 14.3 Å². The Morgan fingerprint density at radius 2 is 1.74 bits per heavy atom. The lowest BCUT2D eigenvalue weighted by Crippen LogP contribution is -2.38. The molecule has 0 radical (unpaired) electrons. The largest absolute Gasteiger partial charge is 0.451 e. The average Bonchev–Trinajstić information content (AvgIpc) is 2.75. The van der Waals surface area contributed by atoms with E-state index in [1.54, 1.807) is 24.3 Å². The highest BCUT2D eigenvalue weighted by molar-refractivity contribution is 6.02. The summed E-state index contributed by atoms with van der Waals surface area (Å²) in [5.74, 6) is -0.979. The fourth-order valence-corrected chi connectivity index (χ4v) is 4.12. The van der Waals surface area contributed by atoms with Crippen LogP contribution in [0.5, 0.6) is 0 Å². The number of hydrogen-bond donors (Lipinski definition) is 1. The molecular formula is C24H33N3O4. The number of aromatic nitrogens is 2. The summed E-state index contributed by atoms with van der Waals surface area (Å²) in [7, 11) is 0. The topological polar surface area (TPSA) is 90.3 Å². The third kappa shape index (κ3) is 6.39. The first-order valence-corrected chi connectivity index (χ1v) is 11.6. The summed E-state index contributed by atoms with van der Waals surface area (Å²) >= 11 is 0. The Bertz CT molecular complexity index is 945. The molecule has 0 bridgehead atoms. The summed E-state index contributed by atoms with van der Waals surface area (Å²) in [6.07, 6.45) is 10.6. The second-order valence-corrected chi connectivity index (χ2v) is 8.32. The van der Waals surface area contributed by atoms with Crippen LogP contribution in [0, 0.1) is 0 Å². The number of nitrogens with one attached hydrogen (secondary N) is 1. The lowest BCUT2D eigenvalue weighted by molar-refractivity contribution is -0.125. The molecule has 1 aromatic heterocycles. The molecule has 7 nitrogen and oxygen atoms in total. The summed E-state index contributed by atoms with van der Waals surface area (Å²) < 4.78 is 6.62. The van der Waals surface area contributed by atoms with Crippen LogP contribution in [0.2, 0.25) is 0 Å². The van der Waals surface area contributed by atoms with Gasteiger partial charge in [0.15, 0.2) is 12.3 Å². The van der Waals surface area contributed by atoms with Crippen LogP contribution in [0.3, 0.4) is 0 Å². The van der Waals surface area contributed by atoms with E-state index in [-0.39, 0.29) is 29.8 Å². The monoisotopic (exact) mass is 427 g/mol. The van der Waals surface area contributed by atoms with Crippen molar-refractivity contribution in [3.05, 3.63) is 40.3 Å². The van der Waals surface area contributed by atoms with Crippen LogP contribution in [-0.4, -0.2) is 34.3 Å². The van der Waals surface area contributed by atoms with Gasteiger partial charge in [0.2, 0.25) is 0 Å².